The first-order valence-electron chi connectivity index (χ1n) is 9.99. The molecule has 0 saturated heterocycles. The Labute approximate surface area is 178 Å². The number of hydrogen-bond donors (Lipinski definition) is 1. The highest BCUT2D eigenvalue weighted by molar-refractivity contribution is 5.94. The van der Waals surface area contributed by atoms with Gasteiger partial charge in [-0.3, -0.25) is 4.79 Å². The zero-order chi connectivity index (χ0) is 20.4. The minimum atomic E-state index is -0.254. The Hall–Kier alpha value is -2.98. The summed E-state index contributed by atoms with van der Waals surface area (Å²) in [6.45, 7) is 0.559. The van der Waals surface area contributed by atoms with Gasteiger partial charge in [-0.25, -0.2) is 4.39 Å². The molecule has 4 rings (SSSR count). The van der Waals surface area contributed by atoms with Gasteiger partial charge in [0.1, 0.15) is 5.82 Å². The van der Waals surface area contributed by atoms with E-state index in [1.165, 1.54) is 23.3 Å². The second-order valence-electron chi connectivity index (χ2n) is 7.70. The second kappa shape index (κ2) is 9.23. The third-order valence-corrected chi connectivity index (χ3v) is 5.89. The number of aryl methyl sites for hydroxylation is 1. The minimum Gasteiger partial charge on any atom is -0.338 e. The van der Waals surface area contributed by atoms with E-state index in [4.69, 9.17) is 5.73 Å². The minimum absolute atomic E-state index is 0. The van der Waals surface area contributed by atoms with E-state index in [0.29, 0.717) is 12.1 Å². The maximum atomic E-state index is 13.1. The Morgan fingerprint density at radius 3 is 2.27 bits per heavy atom. The van der Waals surface area contributed by atoms with Gasteiger partial charge in [0, 0.05) is 25.2 Å². The van der Waals surface area contributed by atoms with Crippen LogP contribution in [0.2, 0.25) is 0 Å². The van der Waals surface area contributed by atoms with Crippen LogP contribution in [-0.4, -0.2) is 23.9 Å². The Bertz CT molecular complexity index is 1010. The number of halogens is 1. The van der Waals surface area contributed by atoms with Crippen molar-refractivity contribution in [3.05, 3.63) is 94.8 Å². The number of carbonyl (C=O) groups excluding carboxylic acids is 1. The lowest BCUT2D eigenvalue weighted by molar-refractivity contribution is 0.0719. The van der Waals surface area contributed by atoms with Gasteiger partial charge in [-0.05, 0) is 71.3 Å². The molecule has 0 aromatic heterocycles. The van der Waals surface area contributed by atoms with Gasteiger partial charge in [0.2, 0.25) is 0 Å². The van der Waals surface area contributed by atoms with E-state index in [2.05, 4.69) is 18.2 Å². The van der Waals surface area contributed by atoms with Crippen molar-refractivity contribution in [3.63, 3.8) is 0 Å². The predicted molar refractivity (Wildman–Crippen MR) is 121 cm³/mol. The molecule has 1 amide bonds. The number of rotatable bonds is 4. The van der Waals surface area contributed by atoms with Crippen molar-refractivity contribution in [2.45, 2.75) is 39.3 Å². The molecule has 2 N–H and O–H groups in total. The van der Waals surface area contributed by atoms with Gasteiger partial charge in [-0.1, -0.05) is 49.9 Å². The van der Waals surface area contributed by atoms with E-state index < -0.39 is 0 Å². The van der Waals surface area contributed by atoms with Crippen LogP contribution >= 0.6 is 0 Å². The molecule has 0 spiro atoms. The van der Waals surface area contributed by atoms with Gasteiger partial charge in [-0.2, -0.15) is 0 Å². The van der Waals surface area contributed by atoms with Gasteiger partial charge in [0.25, 0.3) is 5.91 Å². The highest BCUT2D eigenvalue weighted by atomic mass is 19.1. The van der Waals surface area contributed by atoms with Crippen LogP contribution in [0, 0.1) is 5.82 Å². The second-order valence-corrected chi connectivity index (χ2v) is 7.70. The summed E-state index contributed by atoms with van der Waals surface area (Å²) >= 11 is 0. The lowest BCUT2D eigenvalue weighted by Gasteiger charge is -2.33. The van der Waals surface area contributed by atoms with Gasteiger partial charge in [-0.15, -0.1) is 0 Å². The quantitative estimate of drug-likeness (QED) is 0.648. The van der Waals surface area contributed by atoms with Gasteiger partial charge < -0.3 is 10.6 Å². The normalized spacial score (nSPS) is 15.1. The molecular weight excluding hydrogens is 375 g/mol. The largest absolute Gasteiger partial charge is 0.338 e. The standard InChI is InChI=1S/C25H25FN2O.CH4/c1-28(24-13-10-21-14-17(16-27)2-3-22(21)15-24)25(29)20-6-4-18(5-7-20)19-8-11-23(26)12-9-19;/h2-9,11-12,14,24H,10,13,15-16,27H2,1H3;1H4. The van der Waals surface area contributed by atoms with Gasteiger partial charge in [0.05, 0.1) is 0 Å². The highest BCUT2D eigenvalue weighted by Crippen LogP contribution is 2.26. The van der Waals surface area contributed by atoms with Crippen LogP contribution in [0.15, 0.2) is 66.7 Å². The van der Waals surface area contributed by atoms with Crippen molar-refractivity contribution >= 4 is 5.91 Å². The number of carbonyl (C=O) groups is 1. The van der Waals surface area contributed by atoms with Crippen molar-refractivity contribution in [3.8, 4) is 11.1 Å². The number of fused-ring (bicyclic) bond motifs is 1. The average Bonchev–Trinajstić information content (AvgIpc) is 2.78. The summed E-state index contributed by atoms with van der Waals surface area (Å²) in [5.74, 6) is -0.224. The fraction of sp³-hybridized carbons (Fsp3) is 0.269. The Balaban J connectivity index is 0.00000256. The Morgan fingerprint density at radius 1 is 1.00 bits per heavy atom. The lowest BCUT2D eigenvalue weighted by atomic mass is 9.86. The first-order chi connectivity index (χ1) is 14.0. The van der Waals surface area contributed by atoms with Crippen molar-refractivity contribution in [1.82, 2.24) is 4.90 Å². The molecule has 0 radical (unpaired) electrons. The number of nitrogens with zero attached hydrogens (tertiary/aromatic N) is 1. The highest BCUT2D eigenvalue weighted by Gasteiger charge is 2.25. The summed E-state index contributed by atoms with van der Waals surface area (Å²) in [5.41, 5.74) is 12.1. The summed E-state index contributed by atoms with van der Waals surface area (Å²) in [4.78, 5) is 14.9. The van der Waals surface area contributed by atoms with E-state index >= 15 is 0 Å². The van der Waals surface area contributed by atoms with Gasteiger partial charge >= 0.3 is 0 Å². The van der Waals surface area contributed by atoms with Crippen molar-refractivity contribution in [2.75, 3.05) is 7.05 Å². The smallest absolute Gasteiger partial charge is 0.253 e. The van der Waals surface area contributed by atoms with Crippen molar-refractivity contribution in [2.24, 2.45) is 5.73 Å². The molecule has 4 heteroatoms. The molecule has 1 aliphatic rings. The maximum Gasteiger partial charge on any atom is 0.253 e. The molecule has 0 bridgehead atoms. The molecule has 3 aromatic carbocycles. The molecule has 1 atom stereocenters. The fourth-order valence-electron chi connectivity index (χ4n) is 4.06. The molecule has 0 fully saturated rings. The van der Waals surface area contributed by atoms with Crippen LogP contribution in [0.5, 0.6) is 0 Å². The van der Waals surface area contributed by atoms with E-state index in [0.717, 1.165) is 36.0 Å². The van der Waals surface area contributed by atoms with Crippen LogP contribution in [0.4, 0.5) is 4.39 Å². The van der Waals surface area contributed by atoms with Crippen molar-refractivity contribution in [1.29, 1.82) is 0 Å². The number of likely N-dealkylation sites (N-methyl/N-ethyl adjacent to an activating group) is 1. The molecular formula is C26H29FN2O. The van der Waals surface area contributed by atoms with Crippen LogP contribution in [-0.2, 0) is 19.4 Å². The van der Waals surface area contributed by atoms with Crippen molar-refractivity contribution < 1.29 is 9.18 Å². The first kappa shape index (κ1) is 21.7. The molecule has 3 aromatic rings. The lowest BCUT2D eigenvalue weighted by Crippen LogP contribution is -2.40. The molecule has 0 heterocycles. The topological polar surface area (TPSA) is 46.3 Å². The van der Waals surface area contributed by atoms with E-state index in [9.17, 15) is 9.18 Å². The van der Waals surface area contributed by atoms with Crippen LogP contribution in [0.1, 0.15) is 40.9 Å². The van der Waals surface area contributed by atoms with Crippen LogP contribution in [0.25, 0.3) is 11.1 Å². The number of hydrogen-bond acceptors (Lipinski definition) is 2. The van der Waals surface area contributed by atoms with E-state index in [1.54, 1.807) is 12.1 Å². The predicted octanol–water partition coefficient (Wildman–Crippen LogP) is 5.22. The summed E-state index contributed by atoms with van der Waals surface area (Å²) in [6, 6.07) is 20.5. The molecule has 0 saturated carbocycles. The monoisotopic (exact) mass is 404 g/mol. The first-order valence-corrected chi connectivity index (χ1v) is 9.99. The zero-order valence-electron chi connectivity index (χ0n) is 16.6. The third kappa shape index (κ3) is 4.44. The number of nitrogens with two attached hydrogens (primary N) is 1. The molecule has 3 nitrogen and oxygen atoms in total. The molecule has 1 unspecified atom stereocenters. The maximum absolute atomic E-state index is 13.1. The molecule has 156 valence electrons. The summed E-state index contributed by atoms with van der Waals surface area (Å²) in [7, 11) is 1.89. The van der Waals surface area contributed by atoms with Crippen LogP contribution < -0.4 is 5.73 Å². The van der Waals surface area contributed by atoms with E-state index in [-0.39, 0.29) is 25.2 Å². The Kier molecular flexibility index (Phi) is 6.68. The van der Waals surface area contributed by atoms with E-state index in [1.807, 2.05) is 36.2 Å². The van der Waals surface area contributed by atoms with Crippen LogP contribution in [0.3, 0.4) is 0 Å². The van der Waals surface area contributed by atoms with Gasteiger partial charge in [0.15, 0.2) is 0 Å². The average molecular weight is 405 g/mol. The SMILES string of the molecule is C.CN(C(=O)c1ccc(-c2ccc(F)cc2)cc1)C1CCc2cc(CN)ccc2C1. The molecule has 1 aliphatic carbocycles. The summed E-state index contributed by atoms with van der Waals surface area (Å²) in [6.07, 6.45) is 2.79. The number of amides is 1. The molecule has 30 heavy (non-hydrogen) atoms. The third-order valence-electron chi connectivity index (χ3n) is 5.89. The fourth-order valence-corrected chi connectivity index (χ4v) is 4.06. The Morgan fingerprint density at radius 2 is 1.63 bits per heavy atom. The summed E-state index contributed by atoms with van der Waals surface area (Å²) in [5, 5.41) is 0. The zero-order valence-corrected chi connectivity index (χ0v) is 16.6. The molecule has 0 aliphatic heterocycles. The number of benzene rings is 3. The summed E-state index contributed by atoms with van der Waals surface area (Å²) < 4.78 is 13.1.